The first-order valence-corrected chi connectivity index (χ1v) is 6.44. The van der Waals surface area contributed by atoms with Crippen LogP contribution in [-0.2, 0) is 4.79 Å². The van der Waals surface area contributed by atoms with Crippen molar-refractivity contribution in [1.29, 1.82) is 0 Å². The van der Waals surface area contributed by atoms with Crippen molar-refractivity contribution in [2.45, 2.75) is 12.5 Å². The van der Waals surface area contributed by atoms with Gasteiger partial charge >= 0.3 is 0 Å². The number of likely N-dealkylation sites (N-methyl/N-ethyl adjacent to an activating group) is 1. The first-order chi connectivity index (χ1) is 9.22. The lowest BCUT2D eigenvalue weighted by molar-refractivity contribution is -0.133. The van der Waals surface area contributed by atoms with Gasteiger partial charge in [0.2, 0.25) is 0 Å². The molecule has 0 bridgehead atoms. The Labute approximate surface area is 113 Å². The van der Waals surface area contributed by atoms with E-state index in [0.29, 0.717) is 11.5 Å². The zero-order chi connectivity index (χ0) is 13.7. The minimum atomic E-state index is -0.0143. The largest absolute Gasteiger partial charge is 0.493 e. The van der Waals surface area contributed by atoms with E-state index in [1.807, 2.05) is 25.2 Å². The topological polar surface area (TPSA) is 50.8 Å². The maximum Gasteiger partial charge on any atom is 0.260 e. The Morgan fingerprint density at radius 3 is 2.79 bits per heavy atom. The van der Waals surface area contributed by atoms with Gasteiger partial charge in [-0.1, -0.05) is 12.1 Å². The van der Waals surface area contributed by atoms with Gasteiger partial charge in [0.1, 0.15) is 0 Å². The van der Waals surface area contributed by atoms with Gasteiger partial charge in [0.25, 0.3) is 5.91 Å². The molecule has 0 radical (unpaired) electrons. The number of ether oxygens (including phenoxy) is 2. The molecule has 1 aromatic carbocycles. The molecule has 0 aliphatic carbocycles. The average Bonchev–Trinajstić information content (AvgIpc) is 2.98. The highest BCUT2D eigenvalue weighted by Crippen LogP contribution is 2.25. The van der Waals surface area contributed by atoms with Crippen molar-refractivity contribution in [2.24, 2.45) is 0 Å². The van der Waals surface area contributed by atoms with E-state index in [0.717, 1.165) is 19.5 Å². The summed E-state index contributed by atoms with van der Waals surface area (Å²) >= 11 is 0. The van der Waals surface area contributed by atoms with Gasteiger partial charge in [-0.05, 0) is 25.1 Å². The highest BCUT2D eigenvalue weighted by Gasteiger charge is 2.23. The minimum Gasteiger partial charge on any atom is -0.493 e. The van der Waals surface area contributed by atoms with Crippen LogP contribution >= 0.6 is 0 Å². The third kappa shape index (κ3) is 3.38. The van der Waals surface area contributed by atoms with E-state index in [9.17, 15) is 4.79 Å². The van der Waals surface area contributed by atoms with Gasteiger partial charge < -0.3 is 19.7 Å². The molecule has 1 N–H and O–H groups in total. The van der Waals surface area contributed by atoms with Gasteiger partial charge in [-0.15, -0.1) is 0 Å². The van der Waals surface area contributed by atoms with E-state index in [1.165, 1.54) is 0 Å². The Bertz CT molecular complexity index is 430. The summed E-state index contributed by atoms with van der Waals surface area (Å²) in [6, 6.07) is 7.60. The first-order valence-electron chi connectivity index (χ1n) is 6.44. The second kappa shape index (κ2) is 6.43. The number of methoxy groups -OCH3 is 1. The highest BCUT2D eigenvalue weighted by molar-refractivity contribution is 5.78. The number of carbonyl (C=O) groups is 1. The van der Waals surface area contributed by atoms with E-state index in [1.54, 1.807) is 18.1 Å². The lowest BCUT2D eigenvalue weighted by Crippen LogP contribution is -2.40. The molecular weight excluding hydrogens is 244 g/mol. The second-order valence-electron chi connectivity index (χ2n) is 4.59. The van der Waals surface area contributed by atoms with E-state index < -0.39 is 0 Å². The van der Waals surface area contributed by atoms with Crippen molar-refractivity contribution >= 4 is 5.91 Å². The van der Waals surface area contributed by atoms with Crippen molar-refractivity contribution < 1.29 is 14.3 Å². The van der Waals surface area contributed by atoms with Crippen LogP contribution in [0.2, 0.25) is 0 Å². The number of nitrogens with zero attached hydrogens (tertiary/aromatic N) is 1. The van der Waals surface area contributed by atoms with Crippen LogP contribution < -0.4 is 14.8 Å². The summed E-state index contributed by atoms with van der Waals surface area (Å²) in [6.45, 7) is 1.86. The third-order valence-corrected chi connectivity index (χ3v) is 3.40. The lowest BCUT2D eigenvalue weighted by Gasteiger charge is -2.23. The second-order valence-corrected chi connectivity index (χ2v) is 4.59. The number of hydrogen-bond donors (Lipinski definition) is 1. The molecule has 0 saturated carbocycles. The smallest absolute Gasteiger partial charge is 0.260 e. The molecule has 1 saturated heterocycles. The Kier molecular flexibility index (Phi) is 4.63. The number of hydrogen-bond acceptors (Lipinski definition) is 4. The standard InChI is InChI=1S/C14H20N2O3/c1-16(11-7-8-15-9-11)14(17)10-19-13-6-4-3-5-12(13)18-2/h3-6,11,15H,7-10H2,1-2H3. The Morgan fingerprint density at radius 1 is 1.42 bits per heavy atom. The summed E-state index contributed by atoms with van der Waals surface area (Å²) in [7, 11) is 3.41. The lowest BCUT2D eigenvalue weighted by atomic mass is 10.2. The Balaban J connectivity index is 1.89. The zero-order valence-corrected chi connectivity index (χ0v) is 11.4. The van der Waals surface area contributed by atoms with Crippen LogP contribution in [0.25, 0.3) is 0 Å². The van der Waals surface area contributed by atoms with Crippen molar-refractivity contribution in [1.82, 2.24) is 10.2 Å². The number of rotatable bonds is 5. The van der Waals surface area contributed by atoms with Gasteiger partial charge in [-0.2, -0.15) is 0 Å². The molecule has 1 fully saturated rings. The molecule has 0 aromatic heterocycles. The molecule has 1 aliphatic heterocycles. The molecule has 104 valence electrons. The number of carbonyl (C=O) groups excluding carboxylic acids is 1. The molecule has 1 heterocycles. The van der Waals surface area contributed by atoms with Gasteiger partial charge in [-0.3, -0.25) is 4.79 Å². The molecule has 0 spiro atoms. The van der Waals surface area contributed by atoms with E-state index in [-0.39, 0.29) is 18.6 Å². The predicted octanol–water partition coefficient (Wildman–Crippen LogP) is 0.894. The maximum atomic E-state index is 12.0. The molecule has 5 heteroatoms. The summed E-state index contributed by atoms with van der Waals surface area (Å²) in [4.78, 5) is 13.8. The fourth-order valence-electron chi connectivity index (χ4n) is 2.15. The number of amides is 1. The molecule has 2 rings (SSSR count). The Morgan fingerprint density at radius 2 is 2.16 bits per heavy atom. The molecule has 1 aromatic rings. The van der Waals surface area contributed by atoms with Crippen LogP contribution in [0.4, 0.5) is 0 Å². The van der Waals surface area contributed by atoms with Crippen molar-refractivity contribution in [2.75, 3.05) is 33.9 Å². The molecule has 1 atom stereocenters. The van der Waals surface area contributed by atoms with Gasteiger partial charge in [0, 0.05) is 19.6 Å². The summed E-state index contributed by atoms with van der Waals surface area (Å²) in [5, 5.41) is 3.25. The van der Waals surface area contributed by atoms with Crippen LogP contribution in [0.1, 0.15) is 6.42 Å². The van der Waals surface area contributed by atoms with Crippen LogP contribution in [0.15, 0.2) is 24.3 Å². The van der Waals surface area contributed by atoms with Gasteiger partial charge in [-0.25, -0.2) is 0 Å². The summed E-state index contributed by atoms with van der Waals surface area (Å²) < 4.78 is 10.7. The fraction of sp³-hybridized carbons (Fsp3) is 0.500. The SMILES string of the molecule is COc1ccccc1OCC(=O)N(C)C1CCNC1. The average molecular weight is 264 g/mol. The van der Waals surface area contributed by atoms with E-state index in [2.05, 4.69) is 5.32 Å². The number of nitrogens with one attached hydrogen (secondary N) is 1. The monoisotopic (exact) mass is 264 g/mol. The zero-order valence-electron chi connectivity index (χ0n) is 11.4. The van der Waals surface area contributed by atoms with Crippen molar-refractivity contribution in [3.05, 3.63) is 24.3 Å². The van der Waals surface area contributed by atoms with E-state index in [4.69, 9.17) is 9.47 Å². The van der Waals surface area contributed by atoms with Crippen LogP contribution in [0.5, 0.6) is 11.5 Å². The molecule has 19 heavy (non-hydrogen) atoms. The van der Waals surface area contributed by atoms with Crippen LogP contribution in [0.3, 0.4) is 0 Å². The molecule has 5 nitrogen and oxygen atoms in total. The summed E-state index contributed by atoms with van der Waals surface area (Å²) in [5.41, 5.74) is 0. The third-order valence-electron chi connectivity index (χ3n) is 3.40. The summed E-state index contributed by atoms with van der Waals surface area (Å²) in [6.07, 6.45) is 0.997. The molecule has 1 aliphatic rings. The summed E-state index contributed by atoms with van der Waals surface area (Å²) in [5.74, 6) is 1.22. The molecular formula is C14H20N2O3. The number of benzene rings is 1. The fourth-order valence-corrected chi connectivity index (χ4v) is 2.15. The highest BCUT2D eigenvalue weighted by atomic mass is 16.5. The van der Waals surface area contributed by atoms with Gasteiger partial charge in [0.05, 0.1) is 7.11 Å². The normalized spacial score (nSPS) is 18.1. The maximum absolute atomic E-state index is 12.0. The van der Waals surface area contributed by atoms with Crippen molar-refractivity contribution in [3.63, 3.8) is 0 Å². The number of para-hydroxylation sites is 2. The van der Waals surface area contributed by atoms with Gasteiger partial charge in [0.15, 0.2) is 18.1 Å². The van der Waals surface area contributed by atoms with Crippen LogP contribution in [-0.4, -0.2) is 50.7 Å². The first kappa shape index (κ1) is 13.7. The molecule has 1 amide bonds. The molecule has 1 unspecified atom stereocenters. The minimum absolute atomic E-state index is 0.0143. The quantitative estimate of drug-likeness (QED) is 0.858. The van der Waals surface area contributed by atoms with E-state index >= 15 is 0 Å². The predicted molar refractivity (Wildman–Crippen MR) is 72.5 cm³/mol. The van der Waals surface area contributed by atoms with Crippen molar-refractivity contribution in [3.8, 4) is 11.5 Å². The van der Waals surface area contributed by atoms with Crippen LogP contribution in [0, 0.1) is 0 Å². The Hall–Kier alpha value is -1.75.